The van der Waals surface area contributed by atoms with Gasteiger partial charge in [-0.2, -0.15) is 0 Å². The Balaban J connectivity index is 2.52. The number of benzene rings is 1. The summed E-state index contributed by atoms with van der Waals surface area (Å²) in [5.41, 5.74) is 0.931. The van der Waals surface area contributed by atoms with Crippen LogP contribution in [0.25, 0.3) is 0 Å². The predicted octanol–water partition coefficient (Wildman–Crippen LogP) is 0.610. The van der Waals surface area contributed by atoms with Crippen LogP contribution < -0.4 is 10.6 Å². The van der Waals surface area contributed by atoms with Crippen LogP contribution in [0.15, 0.2) is 24.3 Å². The summed E-state index contributed by atoms with van der Waals surface area (Å²) in [4.78, 5) is 22.1. The van der Waals surface area contributed by atoms with Gasteiger partial charge in [0.05, 0.1) is 12.1 Å². The molecule has 0 aliphatic rings. The van der Waals surface area contributed by atoms with Gasteiger partial charge in [-0.05, 0) is 18.6 Å². The lowest BCUT2D eigenvalue weighted by Gasteiger charge is -2.07. The Bertz CT molecular complexity index is 404. The summed E-state index contributed by atoms with van der Waals surface area (Å²) in [6.07, 6.45) is 0. The van der Waals surface area contributed by atoms with Gasteiger partial charge in [-0.15, -0.1) is 0 Å². The number of nitrogens with one attached hydrogen (secondary N) is 2. The van der Waals surface area contributed by atoms with Crippen LogP contribution in [0.5, 0.6) is 0 Å². The number of carbonyl (C=O) groups excluding carboxylic acids is 1. The van der Waals surface area contributed by atoms with Crippen LogP contribution in [-0.2, 0) is 11.3 Å². The van der Waals surface area contributed by atoms with Gasteiger partial charge in [0, 0.05) is 13.1 Å². The first-order valence-corrected chi connectivity index (χ1v) is 5.43. The van der Waals surface area contributed by atoms with E-state index < -0.39 is 5.97 Å². The van der Waals surface area contributed by atoms with E-state index in [0.29, 0.717) is 18.7 Å². The molecule has 5 heteroatoms. The highest BCUT2D eigenvalue weighted by atomic mass is 16.4. The Hall–Kier alpha value is -1.88. The van der Waals surface area contributed by atoms with E-state index >= 15 is 0 Å². The number of hydrogen-bond acceptors (Lipinski definition) is 3. The number of aromatic carboxylic acids is 1. The normalized spacial score (nSPS) is 9.94. The van der Waals surface area contributed by atoms with Crippen LogP contribution in [0.4, 0.5) is 0 Å². The Labute approximate surface area is 99.8 Å². The van der Waals surface area contributed by atoms with Crippen LogP contribution in [0.3, 0.4) is 0 Å². The summed E-state index contributed by atoms with van der Waals surface area (Å²) in [6.45, 7) is 2.98. The molecule has 0 atom stereocenters. The van der Waals surface area contributed by atoms with E-state index in [1.807, 2.05) is 6.92 Å². The first-order valence-electron chi connectivity index (χ1n) is 5.43. The Morgan fingerprint density at radius 3 is 2.65 bits per heavy atom. The quantitative estimate of drug-likeness (QED) is 0.676. The van der Waals surface area contributed by atoms with Gasteiger partial charge in [-0.1, -0.05) is 18.2 Å². The second-order valence-electron chi connectivity index (χ2n) is 3.52. The maximum absolute atomic E-state index is 11.2. The highest BCUT2D eigenvalue weighted by Gasteiger charge is 2.08. The lowest BCUT2D eigenvalue weighted by molar-refractivity contribution is -0.120. The van der Waals surface area contributed by atoms with Gasteiger partial charge in [0.25, 0.3) is 0 Å². The van der Waals surface area contributed by atoms with Crippen molar-refractivity contribution in [2.45, 2.75) is 13.5 Å². The minimum atomic E-state index is -0.958. The average Bonchev–Trinajstić information content (AvgIpc) is 2.30. The third-order valence-corrected chi connectivity index (χ3v) is 2.22. The van der Waals surface area contributed by atoms with E-state index in [4.69, 9.17) is 5.11 Å². The molecule has 0 radical (unpaired) electrons. The second kappa shape index (κ2) is 6.65. The number of carbonyl (C=O) groups is 2. The molecule has 0 saturated heterocycles. The summed E-state index contributed by atoms with van der Waals surface area (Å²) in [7, 11) is 0. The van der Waals surface area contributed by atoms with Gasteiger partial charge in [0.1, 0.15) is 0 Å². The average molecular weight is 236 g/mol. The van der Waals surface area contributed by atoms with Gasteiger partial charge in [0.15, 0.2) is 0 Å². The van der Waals surface area contributed by atoms with Gasteiger partial charge in [-0.25, -0.2) is 4.79 Å². The zero-order valence-corrected chi connectivity index (χ0v) is 9.69. The molecule has 1 aromatic carbocycles. The lowest BCUT2D eigenvalue weighted by atomic mass is 10.1. The molecular formula is C12H16N2O3. The highest BCUT2D eigenvalue weighted by molar-refractivity contribution is 5.89. The molecule has 0 aliphatic carbocycles. The molecule has 3 N–H and O–H groups in total. The first-order chi connectivity index (χ1) is 8.15. The topological polar surface area (TPSA) is 78.4 Å². The van der Waals surface area contributed by atoms with Crippen molar-refractivity contribution >= 4 is 11.9 Å². The Morgan fingerprint density at radius 2 is 2.00 bits per heavy atom. The van der Waals surface area contributed by atoms with Crippen molar-refractivity contribution in [1.29, 1.82) is 0 Å². The van der Waals surface area contributed by atoms with E-state index in [0.717, 1.165) is 0 Å². The number of amides is 1. The van der Waals surface area contributed by atoms with E-state index in [1.165, 1.54) is 0 Å². The van der Waals surface area contributed by atoms with Crippen LogP contribution in [0, 0.1) is 0 Å². The van der Waals surface area contributed by atoms with Gasteiger partial charge < -0.3 is 15.7 Å². The van der Waals surface area contributed by atoms with E-state index in [9.17, 15) is 9.59 Å². The number of rotatable bonds is 6. The molecule has 0 heterocycles. The third-order valence-electron chi connectivity index (χ3n) is 2.22. The van der Waals surface area contributed by atoms with Gasteiger partial charge in [0.2, 0.25) is 5.91 Å². The summed E-state index contributed by atoms with van der Waals surface area (Å²) in [5, 5.41) is 14.5. The van der Waals surface area contributed by atoms with Crippen molar-refractivity contribution in [2.75, 3.05) is 13.1 Å². The van der Waals surface area contributed by atoms with E-state index in [2.05, 4.69) is 10.6 Å². The lowest BCUT2D eigenvalue weighted by Crippen LogP contribution is -2.33. The minimum Gasteiger partial charge on any atom is -0.478 e. The van der Waals surface area contributed by atoms with E-state index in [1.54, 1.807) is 24.3 Å². The molecular weight excluding hydrogens is 220 g/mol. The van der Waals surface area contributed by atoms with Crippen molar-refractivity contribution in [1.82, 2.24) is 10.6 Å². The van der Waals surface area contributed by atoms with Crippen molar-refractivity contribution in [3.05, 3.63) is 35.4 Å². The zero-order chi connectivity index (χ0) is 12.7. The maximum Gasteiger partial charge on any atom is 0.336 e. The molecule has 0 fully saturated rings. The smallest absolute Gasteiger partial charge is 0.336 e. The largest absolute Gasteiger partial charge is 0.478 e. The molecule has 0 spiro atoms. The fourth-order valence-electron chi connectivity index (χ4n) is 1.45. The van der Waals surface area contributed by atoms with Gasteiger partial charge >= 0.3 is 5.97 Å². The Morgan fingerprint density at radius 1 is 1.29 bits per heavy atom. The highest BCUT2D eigenvalue weighted by Crippen LogP contribution is 2.07. The fraction of sp³-hybridized carbons (Fsp3) is 0.333. The molecule has 92 valence electrons. The molecule has 17 heavy (non-hydrogen) atoms. The van der Waals surface area contributed by atoms with Crippen LogP contribution >= 0.6 is 0 Å². The third kappa shape index (κ3) is 4.24. The minimum absolute atomic E-state index is 0.0969. The number of carboxylic acids is 1. The molecule has 5 nitrogen and oxygen atoms in total. The fourth-order valence-corrected chi connectivity index (χ4v) is 1.45. The molecule has 0 aliphatic heterocycles. The molecule has 0 bridgehead atoms. The van der Waals surface area contributed by atoms with Crippen LogP contribution in [0.1, 0.15) is 22.8 Å². The van der Waals surface area contributed by atoms with E-state index in [-0.39, 0.29) is 18.0 Å². The molecule has 0 saturated carbocycles. The molecule has 0 aromatic heterocycles. The Kier molecular flexibility index (Phi) is 5.16. The molecule has 1 rings (SSSR count). The zero-order valence-electron chi connectivity index (χ0n) is 9.69. The summed E-state index contributed by atoms with van der Waals surface area (Å²) >= 11 is 0. The predicted molar refractivity (Wildman–Crippen MR) is 63.8 cm³/mol. The van der Waals surface area contributed by atoms with Crippen molar-refractivity contribution in [2.24, 2.45) is 0 Å². The molecule has 1 aromatic rings. The van der Waals surface area contributed by atoms with Crippen molar-refractivity contribution in [3.63, 3.8) is 0 Å². The van der Waals surface area contributed by atoms with Crippen LogP contribution in [-0.4, -0.2) is 30.1 Å². The number of likely N-dealkylation sites (N-methyl/N-ethyl adjacent to an activating group) is 1. The van der Waals surface area contributed by atoms with Crippen molar-refractivity contribution in [3.8, 4) is 0 Å². The molecule has 0 unspecified atom stereocenters. The molecule has 1 amide bonds. The maximum atomic E-state index is 11.2. The summed E-state index contributed by atoms with van der Waals surface area (Å²) < 4.78 is 0. The summed E-state index contributed by atoms with van der Waals surface area (Å²) in [6, 6.07) is 6.73. The van der Waals surface area contributed by atoms with Crippen molar-refractivity contribution < 1.29 is 14.7 Å². The summed E-state index contributed by atoms with van der Waals surface area (Å²) in [5.74, 6) is -1.05. The second-order valence-corrected chi connectivity index (χ2v) is 3.52. The number of hydrogen-bond donors (Lipinski definition) is 3. The van der Waals surface area contributed by atoms with Gasteiger partial charge in [-0.3, -0.25) is 4.79 Å². The first kappa shape index (κ1) is 13.2. The standard InChI is InChI=1S/C12H16N2O3/c1-2-14-11(15)8-13-7-9-5-3-4-6-10(9)12(16)17/h3-6,13H,2,7-8H2,1H3,(H,14,15)(H,16,17). The SMILES string of the molecule is CCNC(=O)CNCc1ccccc1C(=O)O. The number of carboxylic acid groups (broad SMARTS) is 1. The van der Waals surface area contributed by atoms with Crippen LogP contribution in [0.2, 0.25) is 0 Å². The monoisotopic (exact) mass is 236 g/mol.